The Morgan fingerprint density at radius 1 is 1.20 bits per heavy atom. The van der Waals surface area contributed by atoms with Crippen molar-refractivity contribution in [3.63, 3.8) is 0 Å². The van der Waals surface area contributed by atoms with E-state index in [0.29, 0.717) is 6.54 Å². The molecule has 0 radical (unpaired) electrons. The third-order valence-corrected chi connectivity index (χ3v) is 3.81. The Kier molecular flexibility index (Phi) is 5.30. The first kappa shape index (κ1) is 17.0. The van der Waals surface area contributed by atoms with Crippen molar-refractivity contribution in [1.82, 2.24) is 19.7 Å². The minimum atomic E-state index is 0.644. The molecule has 0 unspecified atom stereocenters. The Hall–Kier alpha value is -2.86. The maximum atomic E-state index is 5.49. The van der Waals surface area contributed by atoms with Gasteiger partial charge in [-0.3, -0.25) is 4.98 Å². The zero-order valence-corrected chi connectivity index (χ0v) is 14.8. The monoisotopic (exact) mass is 337 g/mol. The molecule has 130 valence electrons. The molecular formula is C19H23N5O. The van der Waals surface area contributed by atoms with Gasteiger partial charge in [0.1, 0.15) is 5.75 Å². The van der Waals surface area contributed by atoms with E-state index in [1.54, 1.807) is 13.3 Å². The molecule has 25 heavy (non-hydrogen) atoms. The molecule has 6 nitrogen and oxygen atoms in total. The topological polar surface area (TPSA) is 55.2 Å². The lowest BCUT2D eigenvalue weighted by Crippen LogP contribution is -2.11. The summed E-state index contributed by atoms with van der Waals surface area (Å²) in [7, 11) is 5.78. The van der Waals surface area contributed by atoms with E-state index in [1.807, 2.05) is 55.6 Å². The van der Waals surface area contributed by atoms with Crippen LogP contribution >= 0.6 is 0 Å². The average Bonchev–Trinajstić information content (AvgIpc) is 3.14. The van der Waals surface area contributed by atoms with Gasteiger partial charge in [-0.15, -0.1) is 0 Å². The Morgan fingerprint density at radius 2 is 2.08 bits per heavy atom. The van der Waals surface area contributed by atoms with Gasteiger partial charge >= 0.3 is 0 Å². The number of hydrogen-bond acceptors (Lipinski definition) is 5. The van der Waals surface area contributed by atoms with Crippen molar-refractivity contribution in [2.24, 2.45) is 0 Å². The number of anilines is 1. The molecule has 3 aromatic rings. The molecule has 0 fully saturated rings. The van der Waals surface area contributed by atoms with Gasteiger partial charge in [0.15, 0.2) is 0 Å². The van der Waals surface area contributed by atoms with Crippen LogP contribution in [0.25, 0.3) is 5.69 Å². The second-order valence-electron chi connectivity index (χ2n) is 6.12. The SMILES string of the molecule is COc1ccc(-n2cccn2)cc1CNc1cncc(CN(C)C)c1. The van der Waals surface area contributed by atoms with Gasteiger partial charge in [0.25, 0.3) is 0 Å². The molecule has 0 aliphatic rings. The third-order valence-electron chi connectivity index (χ3n) is 3.81. The summed E-state index contributed by atoms with van der Waals surface area (Å²) in [4.78, 5) is 6.44. The van der Waals surface area contributed by atoms with E-state index < -0.39 is 0 Å². The third kappa shape index (κ3) is 4.36. The lowest BCUT2D eigenvalue weighted by molar-refractivity contribution is 0.402. The van der Waals surface area contributed by atoms with Crippen molar-refractivity contribution < 1.29 is 4.74 Å². The van der Waals surface area contributed by atoms with Crippen LogP contribution in [0.2, 0.25) is 0 Å². The molecule has 3 rings (SSSR count). The number of hydrogen-bond donors (Lipinski definition) is 1. The number of ether oxygens (including phenoxy) is 1. The number of aromatic nitrogens is 3. The van der Waals surface area contributed by atoms with Crippen LogP contribution in [0.5, 0.6) is 5.75 Å². The number of methoxy groups -OCH3 is 1. The summed E-state index contributed by atoms with van der Waals surface area (Å²) in [6.07, 6.45) is 7.42. The molecule has 0 bridgehead atoms. The van der Waals surface area contributed by atoms with Gasteiger partial charge in [-0.05, 0) is 50.0 Å². The number of rotatable bonds is 7. The van der Waals surface area contributed by atoms with Crippen LogP contribution in [0.1, 0.15) is 11.1 Å². The summed E-state index contributed by atoms with van der Waals surface area (Å²) in [6, 6.07) is 10.1. The number of nitrogens with one attached hydrogen (secondary N) is 1. The van der Waals surface area contributed by atoms with Crippen molar-refractivity contribution >= 4 is 5.69 Å². The van der Waals surface area contributed by atoms with E-state index in [9.17, 15) is 0 Å². The zero-order valence-electron chi connectivity index (χ0n) is 14.8. The second-order valence-corrected chi connectivity index (χ2v) is 6.12. The summed E-state index contributed by atoms with van der Waals surface area (Å²) < 4.78 is 7.33. The fraction of sp³-hybridized carbons (Fsp3) is 0.263. The van der Waals surface area contributed by atoms with Crippen molar-refractivity contribution in [3.8, 4) is 11.4 Å². The molecule has 0 aliphatic carbocycles. The normalized spacial score (nSPS) is 10.9. The van der Waals surface area contributed by atoms with Gasteiger partial charge in [0.2, 0.25) is 0 Å². The molecule has 0 atom stereocenters. The van der Waals surface area contributed by atoms with Gasteiger partial charge in [0, 0.05) is 43.4 Å². The van der Waals surface area contributed by atoms with Crippen LogP contribution in [-0.2, 0) is 13.1 Å². The smallest absolute Gasteiger partial charge is 0.123 e. The van der Waals surface area contributed by atoms with Crippen molar-refractivity contribution in [2.45, 2.75) is 13.1 Å². The largest absolute Gasteiger partial charge is 0.496 e. The summed E-state index contributed by atoms with van der Waals surface area (Å²) in [5.41, 5.74) is 4.23. The minimum Gasteiger partial charge on any atom is -0.496 e. The first-order chi connectivity index (χ1) is 12.2. The van der Waals surface area contributed by atoms with Crippen LogP contribution < -0.4 is 10.1 Å². The molecule has 2 heterocycles. The van der Waals surface area contributed by atoms with Crippen LogP contribution in [0, 0.1) is 0 Å². The van der Waals surface area contributed by atoms with Crippen LogP contribution in [0.15, 0.2) is 55.1 Å². The van der Waals surface area contributed by atoms with E-state index in [4.69, 9.17) is 4.74 Å². The molecule has 6 heteroatoms. The Labute approximate surface area is 148 Å². The number of nitrogens with zero attached hydrogens (tertiary/aromatic N) is 4. The minimum absolute atomic E-state index is 0.644. The first-order valence-corrected chi connectivity index (χ1v) is 8.15. The maximum absolute atomic E-state index is 5.49. The molecule has 2 aromatic heterocycles. The van der Waals surface area contributed by atoms with Gasteiger partial charge in [0.05, 0.1) is 18.5 Å². The van der Waals surface area contributed by atoms with E-state index in [0.717, 1.165) is 29.2 Å². The lowest BCUT2D eigenvalue weighted by Gasteiger charge is -2.14. The second kappa shape index (κ2) is 7.81. The molecule has 0 saturated carbocycles. The summed E-state index contributed by atoms with van der Waals surface area (Å²) >= 11 is 0. The Balaban J connectivity index is 1.77. The number of pyridine rings is 1. The lowest BCUT2D eigenvalue weighted by atomic mass is 10.1. The highest BCUT2D eigenvalue weighted by molar-refractivity contribution is 5.48. The van der Waals surface area contributed by atoms with Crippen LogP contribution in [0.3, 0.4) is 0 Å². The highest BCUT2D eigenvalue weighted by atomic mass is 16.5. The summed E-state index contributed by atoms with van der Waals surface area (Å²) in [5, 5.41) is 7.71. The van der Waals surface area contributed by atoms with Crippen LogP contribution in [0.4, 0.5) is 5.69 Å². The standard InChI is InChI=1S/C19H23N5O/c1-23(2)14-15-9-17(13-20-11-15)21-12-16-10-18(5-6-19(16)25-3)24-8-4-7-22-24/h4-11,13,21H,12,14H2,1-3H3. The predicted molar refractivity (Wildman–Crippen MR) is 99.1 cm³/mol. The van der Waals surface area contributed by atoms with E-state index in [-0.39, 0.29) is 0 Å². The fourth-order valence-corrected chi connectivity index (χ4v) is 2.70. The molecule has 0 aliphatic heterocycles. The molecule has 1 N–H and O–H groups in total. The van der Waals surface area contributed by atoms with Crippen molar-refractivity contribution in [2.75, 3.05) is 26.5 Å². The predicted octanol–water partition coefficient (Wildman–Crippen LogP) is 2.95. The highest BCUT2D eigenvalue weighted by Gasteiger charge is 2.07. The average molecular weight is 337 g/mol. The maximum Gasteiger partial charge on any atom is 0.123 e. The van der Waals surface area contributed by atoms with Gasteiger partial charge < -0.3 is 15.0 Å². The van der Waals surface area contributed by atoms with Crippen LogP contribution in [-0.4, -0.2) is 40.9 Å². The summed E-state index contributed by atoms with van der Waals surface area (Å²) in [6.45, 7) is 1.51. The zero-order chi connectivity index (χ0) is 17.6. The summed E-state index contributed by atoms with van der Waals surface area (Å²) in [5.74, 6) is 0.848. The van der Waals surface area contributed by atoms with Crippen molar-refractivity contribution in [1.29, 1.82) is 0 Å². The van der Waals surface area contributed by atoms with Crippen molar-refractivity contribution in [3.05, 3.63) is 66.2 Å². The highest BCUT2D eigenvalue weighted by Crippen LogP contribution is 2.23. The molecule has 1 aromatic carbocycles. The van der Waals surface area contributed by atoms with E-state index >= 15 is 0 Å². The molecule has 0 spiro atoms. The van der Waals surface area contributed by atoms with Gasteiger partial charge in [-0.2, -0.15) is 5.10 Å². The van der Waals surface area contributed by atoms with E-state index in [1.165, 1.54) is 5.56 Å². The number of benzene rings is 1. The van der Waals surface area contributed by atoms with E-state index in [2.05, 4.69) is 32.4 Å². The quantitative estimate of drug-likeness (QED) is 0.718. The molecular weight excluding hydrogens is 314 g/mol. The molecule has 0 amide bonds. The Morgan fingerprint density at radius 3 is 2.80 bits per heavy atom. The fourth-order valence-electron chi connectivity index (χ4n) is 2.70. The molecule has 0 saturated heterocycles. The Bertz CT molecular complexity index is 814. The van der Waals surface area contributed by atoms with Gasteiger partial charge in [-0.25, -0.2) is 4.68 Å². The first-order valence-electron chi connectivity index (χ1n) is 8.15. The van der Waals surface area contributed by atoms with Gasteiger partial charge in [-0.1, -0.05) is 0 Å².